The number of phosphoric acid groups is 1. The van der Waals surface area contributed by atoms with Gasteiger partial charge in [0, 0.05) is 0 Å². The maximum Gasteiger partial charge on any atom is 3.00 e. The summed E-state index contributed by atoms with van der Waals surface area (Å²) in [4.78, 5) is 25.6. The zero-order valence-corrected chi connectivity index (χ0v) is 6.43. The predicted molar refractivity (Wildman–Crippen MR) is 11.2 cm³/mol. The van der Waals surface area contributed by atoms with Crippen molar-refractivity contribution in [2.24, 2.45) is 0 Å². The van der Waals surface area contributed by atoms with Gasteiger partial charge in [-0.25, -0.2) is 0 Å². The van der Waals surface area contributed by atoms with Gasteiger partial charge in [0.25, 0.3) is 0 Å². The Morgan fingerprint density at radius 3 is 1.14 bits per heavy atom. The third-order valence-corrected chi connectivity index (χ3v) is 0. The first-order valence-electron chi connectivity index (χ1n) is 0.730. The molecule has 0 bridgehead atoms. The second-order valence-electron chi connectivity index (χ2n) is 0.447. The van der Waals surface area contributed by atoms with Crippen molar-refractivity contribution in [3.05, 3.63) is 0 Å². The van der Waals surface area contributed by atoms with E-state index in [4.69, 9.17) is 19.2 Å². The van der Waals surface area contributed by atoms with Gasteiger partial charge in [0.1, 0.15) is 0 Å². The first-order valence-corrected chi connectivity index (χ1v) is 2.19. The Bertz CT molecular complexity index is 54.2. The third-order valence-electron chi connectivity index (χ3n) is 0. The van der Waals surface area contributed by atoms with E-state index in [1.807, 2.05) is 0 Å². The van der Waals surface area contributed by atoms with Crippen LogP contribution in [0.4, 0.5) is 0 Å². The van der Waals surface area contributed by atoms with Crippen molar-refractivity contribution in [1.29, 1.82) is 0 Å². The minimum absolute atomic E-state index is 0. The summed E-state index contributed by atoms with van der Waals surface area (Å²) >= 11 is 0. The Labute approximate surface area is 59.0 Å². The summed E-state index contributed by atoms with van der Waals surface area (Å²) in [7, 11) is -5.39. The Morgan fingerprint density at radius 1 is 1.14 bits per heavy atom. The quantitative estimate of drug-likeness (QED) is 0.378. The molecule has 0 heterocycles. The molecule has 0 aromatic carbocycles. The number of hydrogen-bond donors (Lipinski definition) is 0. The van der Waals surface area contributed by atoms with Gasteiger partial charge in [-0.05, 0) is 0 Å². The Balaban J connectivity index is -0.0000000800. The number of rotatable bonds is 0. The summed E-state index contributed by atoms with van der Waals surface area (Å²) in [6, 6.07) is 0. The van der Waals surface area contributed by atoms with Gasteiger partial charge in [0.05, 0.1) is 0 Å². The van der Waals surface area contributed by atoms with E-state index in [0.29, 0.717) is 0 Å². The van der Waals surface area contributed by atoms with Crippen LogP contribution in [-0.4, -0.2) is 5.48 Å². The molecule has 0 fully saturated rings. The van der Waals surface area contributed by atoms with E-state index in [1.54, 1.807) is 0 Å². The molecule has 41 valence electrons. The van der Waals surface area contributed by atoms with Crippen LogP contribution in [0.1, 0.15) is 0 Å². The van der Waals surface area contributed by atoms with Crippen molar-refractivity contribution in [2.75, 3.05) is 0 Å². The molecule has 0 aliphatic carbocycles. The standard InChI is InChI=1S/H3O4P.H2O.Zr/c1-5(2,3)4;;/h(H3,1,2,3,4);1H2;/q;;+3/p-3. The predicted octanol–water partition coefficient (Wildman–Crippen LogP) is -3.65. The first kappa shape index (κ1) is 15.7. The van der Waals surface area contributed by atoms with Gasteiger partial charge in [-0.3, -0.25) is 0 Å². The first-order chi connectivity index (χ1) is 2.00. The van der Waals surface area contributed by atoms with Gasteiger partial charge in [0.2, 0.25) is 0 Å². The van der Waals surface area contributed by atoms with Crippen molar-refractivity contribution in [2.45, 2.75) is 0 Å². The molecular formula is H2O5PZr. The Morgan fingerprint density at radius 2 is 1.14 bits per heavy atom. The molecule has 0 saturated heterocycles. The minimum atomic E-state index is -5.39. The molecule has 0 amide bonds. The molecule has 0 unspecified atom stereocenters. The van der Waals surface area contributed by atoms with Gasteiger partial charge in [-0.2, -0.15) is 7.82 Å². The summed E-state index contributed by atoms with van der Waals surface area (Å²) in [6.07, 6.45) is 0. The summed E-state index contributed by atoms with van der Waals surface area (Å²) in [5.74, 6) is 0. The minimum Gasteiger partial charge on any atom is -0.822 e. The van der Waals surface area contributed by atoms with E-state index in [-0.39, 0.29) is 31.7 Å². The number of hydrogen-bond acceptors (Lipinski definition) is 4. The molecular weight excluding hydrogens is 202 g/mol. The monoisotopic (exact) mass is 203 g/mol. The second kappa shape index (κ2) is 5.10. The Kier molecular flexibility index (Phi) is 11.4. The van der Waals surface area contributed by atoms with Crippen LogP contribution in [0.2, 0.25) is 0 Å². The van der Waals surface area contributed by atoms with Crippen LogP contribution < -0.4 is 14.7 Å². The van der Waals surface area contributed by atoms with Gasteiger partial charge in [-0.15, -0.1) is 0 Å². The SMILES string of the molecule is O.O=P([O-])([O-])[O-].[Zr+3]. The van der Waals surface area contributed by atoms with E-state index in [9.17, 15) is 0 Å². The van der Waals surface area contributed by atoms with Crippen molar-refractivity contribution < 1.29 is 50.9 Å². The van der Waals surface area contributed by atoms with E-state index in [0.717, 1.165) is 0 Å². The Hall–Kier alpha value is 0.953. The average molecular weight is 204 g/mol. The van der Waals surface area contributed by atoms with Crippen molar-refractivity contribution >= 4 is 7.82 Å². The molecule has 0 spiro atoms. The third kappa shape index (κ3) is 188. The average Bonchev–Trinajstić information content (AvgIpc) is 0.722. The van der Waals surface area contributed by atoms with Gasteiger partial charge in [-0.1, -0.05) is 0 Å². The molecule has 5 nitrogen and oxygen atoms in total. The van der Waals surface area contributed by atoms with Crippen LogP contribution in [0.25, 0.3) is 0 Å². The fourth-order valence-corrected chi connectivity index (χ4v) is 0. The molecule has 2 N–H and O–H groups in total. The van der Waals surface area contributed by atoms with Crippen LogP contribution in [0.5, 0.6) is 0 Å². The fraction of sp³-hybridized carbons (Fsp3) is 0. The molecule has 0 aromatic rings. The van der Waals surface area contributed by atoms with Gasteiger partial charge < -0.3 is 24.7 Å². The van der Waals surface area contributed by atoms with E-state index in [2.05, 4.69) is 0 Å². The molecule has 0 atom stereocenters. The van der Waals surface area contributed by atoms with Crippen molar-refractivity contribution in [3.8, 4) is 0 Å². The summed E-state index contributed by atoms with van der Waals surface area (Å²) in [5.41, 5.74) is 0. The molecule has 0 aliphatic rings. The maximum atomic E-state index is 8.55. The van der Waals surface area contributed by atoms with Gasteiger partial charge in [0.15, 0.2) is 0 Å². The largest absolute Gasteiger partial charge is 3.00 e. The molecule has 1 radical (unpaired) electrons. The summed E-state index contributed by atoms with van der Waals surface area (Å²) in [6.45, 7) is 0. The molecule has 7 heteroatoms. The van der Waals surface area contributed by atoms with Crippen LogP contribution in [-0.2, 0) is 30.8 Å². The molecule has 0 rings (SSSR count). The topological polar surface area (TPSA) is 118 Å². The molecule has 0 saturated carbocycles. The van der Waals surface area contributed by atoms with Gasteiger partial charge >= 0.3 is 26.2 Å². The smallest absolute Gasteiger partial charge is 0.822 e. The van der Waals surface area contributed by atoms with E-state index in [1.165, 1.54) is 0 Å². The molecule has 0 aliphatic heterocycles. The van der Waals surface area contributed by atoms with Crippen molar-refractivity contribution in [1.82, 2.24) is 0 Å². The second-order valence-corrected chi connectivity index (χ2v) is 1.34. The van der Waals surface area contributed by atoms with Crippen LogP contribution in [0.3, 0.4) is 0 Å². The van der Waals surface area contributed by atoms with E-state index < -0.39 is 7.82 Å². The zero-order valence-electron chi connectivity index (χ0n) is 3.08. The summed E-state index contributed by atoms with van der Waals surface area (Å²) in [5, 5.41) is 0. The molecule has 0 aromatic heterocycles. The summed E-state index contributed by atoms with van der Waals surface area (Å²) < 4.78 is 8.55. The van der Waals surface area contributed by atoms with E-state index >= 15 is 0 Å². The van der Waals surface area contributed by atoms with Crippen LogP contribution in [0.15, 0.2) is 0 Å². The normalized spacial score (nSPS) is 8.43. The maximum absolute atomic E-state index is 8.55. The van der Waals surface area contributed by atoms with Crippen molar-refractivity contribution in [3.63, 3.8) is 0 Å². The fourth-order valence-electron chi connectivity index (χ4n) is 0. The molecule has 7 heavy (non-hydrogen) atoms. The van der Waals surface area contributed by atoms with Crippen LogP contribution >= 0.6 is 7.82 Å². The van der Waals surface area contributed by atoms with Crippen LogP contribution in [0, 0.1) is 0 Å². The zero-order chi connectivity index (χ0) is 4.50.